The lowest BCUT2D eigenvalue weighted by atomic mass is 9.76. The monoisotopic (exact) mass is 549 g/mol. The van der Waals surface area contributed by atoms with E-state index in [9.17, 15) is 9.90 Å². The third-order valence-corrected chi connectivity index (χ3v) is 10.0. The molecule has 0 bridgehead atoms. The summed E-state index contributed by atoms with van der Waals surface area (Å²) in [5, 5.41) is 15.1. The Morgan fingerprint density at radius 3 is 2.88 bits per heavy atom. The first-order valence-corrected chi connectivity index (χ1v) is 14.8. The second kappa shape index (κ2) is 8.59. The number of benzene rings is 1. The number of anilines is 2. The molecule has 3 aliphatic carbocycles. The van der Waals surface area contributed by atoms with E-state index in [0.717, 1.165) is 43.1 Å². The van der Waals surface area contributed by atoms with Crippen molar-refractivity contribution in [1.82, 2.24) is 29.2 Å². The standard InChI is InChI=1S/C32H35N7O2/c1-4-12-38-29(40)24-16-33-30(36-28(24)39(38)25-9-7-19-10-11-32(41,5-2)27(19)35-25)34-23-13-20-6-8-22-15-31(22)18-37(3)17-21(14-23)26(20)31/h4,7,9,13-14,16,22,41H,1,5-6,8,10-12,15,17-18H2,2-3H3,(H,33,34,36). The Morgan fingerprint density at radius 2 is 2.05 bits per heavy atom. The fourth-order valence-corrected chi connectivity index (χ4v) is 8.04. The van der Waals surface area contributed by atoms with Gasteiger partial charge in [0.2, 0.25) is 5.95 Å². The Hall–Kier alpha value is -3.82. The summed E-state index contributed by atoms with van der Waals surface area (Å²) in [7, 11) is 2.22. The van der Waals surface area contributed by atoms with Gasteiger partial charge < -0.3 is 15.3 Å². The molecule has 3 atom stereocenters. The van der Waals surface area contributed by atoms with E-state index in [2.05, 4.69) is 41.0 Å². The molecule has 0 radical (unpaired) electrons. The number of nitrogens with one attached hydrogen (secondary N) is 1. The third kappa shape index (κ3) is 3.55. The number of hydrogen-bond acceptors (Lipinski definition) is 7. The molecule has 210 valence electrons. The molecule has 3 unspecified atom stereocenters. The molecule has 8 rings (SSSR count). The highest BCUT2D eigenvalue weighted by Gasteiger charge is 2.59. The molecule has 1 aliphatic heterocycles. The van der Waals surface area contributed by atoms with Crippen molar-refractivity contribution in [3.8, 4) is 5.82 Å². The van der Waals surface area contributed by atoms with Crippen LogP contribution in [0.2, 0.25) is 0 Å². The van der Waals surface area contributed by atoms with E-state index >= 15 is 0 Å². The van der Waals surface area contributed by atoms with Crippen LogP contribution in [0.25, 0.3) is 16.9 Å². The van der Waals surface area contributed by atoms with Gasteiger partial charge in [0.15, 0.2) is 11.5 Å². The van der Waals surface area contributed by atoms with Crippen LogP contribution in [0.15, 0.2) is 47.9 Å². The van der Waals surface area contributed by atoms with Gasteiger partial charge in [-0.2, -0.15) is 4.98 Å². The first-order chi connectivity index (χ1) is 19.8. The number of rotatable bonds is 6. The van der Waals surface area contributed by atoms with Crippen LogP contribution >= 0.6 is 0 Å². The maximum Gasteiger partial charge on any atom is 0.278 e. The maximum atomic E-state index is 13.5. The molecule has 9 nitrogen and oxygen atoms in total. The fourth-order valence-electron chi connectivity index (χ4n) is 8.04. The van der Waals surface area contributed by atoms with Gasteiger partial charge in [-0.25, -0.2) is 19.3 Å². The molecule has 1 saturated carbocycles. The van der Waals surface area contributed by atoms with E-state index in [0.29, 0.717) is 53.3 Å². The van der Waals surface area contributed by atoms with E-state index in [1.165, 1.54) is 24.0 Å². The van der Waals surface area contributed by atoms with Gasteiger partial charge in [-0.1, -0.05) is 19.1 Å². The predicted molar refractivity (Wildman–Crippen MR) is 158 cm³/mol. The molecule has 2 N–H and O–H groups in total. The summed E-state index contributed by atoms with van der Waals surface area (Å²) in [6.07, 6.45) is 8.99. The van der Waals surface area contributed by atoms with E-state index in [-0.39, 0.29) is 5.56 Å². The number of pyridine rings is 1. The minimum Gasteiger partial charge on any atom is -0.384 e. The van der Waals surface area contributed by atoms with Crippen LogP contribution in [0.4, 0.5) is 11.6 Å². The zero-order chi connectivity index (χ0) is 28.1. The van der Waals surface area contributed by atoms with Crippen LogP contribution in [-0.4, -0.2) is 47.9 Å². The van der Waals surface area contributed by atoms with Crippen molar-refractivity contribution in [3.63, 3.8) is 0 Å². The average Bonchev–Trinajstić information content (AvgIpc) is 3.47. The van der Waals surface area contributed by atoms with Crippen LogP contribution in [0, 0.1) is 5.92 Å². The lowest BCUT2D eigenvalue weighted by Crippen LogP contribution is -2.38. The Labute approximate surface area is 238 Å². The van der Waals surface area contributed by atoms with E-state index < -0.39 is 5.60 Å². The summed E-state index contributed by atoms with van der Waals surface area (Å²) in [5.41, 5.74) is 6.83. The Morgan fingerprint density at radius 1 is 1.20 bits per heavy atom. The van der Waals surface area contributed by atoms with Crippen molar-refractivity contribution < 1.29 is 5.11 Å². The third-order valence-electron chi connectivity index (χ3n) is 10.0. The minimum atomic E-state index is -0.959. The van der Waals surface area contributed by atoms with Crippen LogP contribution in [0.5, 0.6) is 0 Å². The summed E-state index contributed by atoms with van der Waals surface area (Å²) in [5.74, 6) is 1.81. The first-order valence-electron chi connectivity index (χ1n) is 14.8. The molecular weight excluding hydrogens is 514 g/mol. The molecule has 1 aromatic carbocycles. The molecule has 1 fully saturated rings. The zero-order valence-corrected chi connectivity index (χ0v) is 23.7. The molecule has 41 heavy (non-hydrogen) atoms. The number of aryl methyl sites for hydroxylation is 2. The van der Waals surface area contributed by atoms with Gasteiger partial charge in [-0.15, -0.1) is 6.58 Å². The van der Waals surface area contributed by atoms with Crippen molar-refractivity contribution in [2.45, 2.75) is 69.6 Å². The second-order valence-corrected chi connectivity index (χ2v) is 12.5. The molecule has 3 aromatic heterocycles. The van der Waals surface area contributed by atoms with Crippen molar-refractivity contribution in [2.75, 3.05) is 18.9 Å². The van der Waals surface area contributed by atoms with E-state index in [1.54, 1.807) is 27.2 Å². The molecule has 9 heteroatoms. The Balaban J connectivity index is 1.23. The molecule has 4 aliphatic rings. The summed E-state index contributed by atoms with van der Waals surface area (Å²) < 4.78 is 3.32. The Bertz CT molecular complexity index is 1820. The fraction of sp³-hybridized carbons (Fsp3) is 0.438. The van der Waals surface area contributed by atoms with E-state index in [4.69, 9.17) is 9.97 Å². The van der Waals surface area contributed by atoms with Gasteiger partial charge in [0, 0.05) is 30.4 Å². The summed E-state index contributed by atoms with van der Waals surface area (Å²) in [6, 6.07) is 8.44. The number of fused-ring (bicyclic) bond motifs is 2. The highest BCUT2D eigenvalue weighted by Crippen LogP contribution is 2.63. The maximum absolute atomic E-state index is 13.5. The van der Waals surface area contributed by atoms with Gasteiger partial charge in [-0.05, 0) is 91.9 Å². The lowest BCUT2D eigenvalue weighted by Gasteiger charge is -2.38. The number of hydrogen-bond donors (Lipinski definition) is 2. The van der Waals surface area contributed by atoms with E-state index in [1.807, 2.05) is 19.1 Å². The largest absolute Gasteiger partial charge is 0.384 e. The van der Waals surface area contributed by atoms with Crippen LogP contribution in [0.3, 0.4) is 0 Å². The summed E-state index contributed by atoms with van der Waals surface area (Å²) in [4.78, 5) is 30.2. The molecule has 1 spiro atoms. The molecule has 0 amide bonds. The molecular formula is C32H35N7O2. The number of allylic oxidation sites excluding steroid dienone is 1. The number of aromatic nitrogens is 5. The van der Waals surface area contributed by atoms with Crippen molar-refractivity contribution in [2.24, 2.45) is 5.92 Å². The number of aliphatic hydroxyl groups is 1. The van der Waals surface area contributed by atoms with Crippen molar-refractivity contribution in [3.05, 3.63) is 81.4 Å². The quantitative estimate of drug-likeness (QED) is 0.349. The van der Waals surface area contributed by atoms with Crippen LogP contribution < -0.4 is 10.9 Å². The van der Waals surface area contributed by atoms with Gasteiger partial charge in [-0.3, -0.25) is 4.79 Å². The minimum absolute atomic E-state index is 0.204. The zero-order valence-electron chi connectivity index (χ0n) is 23.7. The van der Waals surface area contributed by atoms with Gasteiger partial charge >= 0.3 is 0 Å². The first kappa shape index (κ1) is 24.9. The second-order valence-electron chi connectivity index (χ2n) is 12.5. The topological polar surface area (TPSA) is 101 Å². The van der Waals surface area contributed by atoms with Crippen molar-refractivity contribution in [1.29, 1.82) is 0 Å². The van der Waals surface area contributed by atoms with Gasteiger partial charge in [0.1, 0.15) is 11.0 Å². The van der Waals surface area contributed by atoms with Crippen LogP contribution in [0.1, 0.15) is 60.6 Å². The van der Waals surface area contributed by atoms with Gasteiger partial charge in [0.25, 0.3) is 5.56 Å². The van der Waals surface area contributed by atoms with Crippen LogP contribution in [-0.2, 0) is 36.9 Å². The predicted octanol–water partition coefficient (Wildman–Crippen LogP) is 4.10. The van der Waals surface area contributed by atoms with Gasteiger partial charge in [0.05, 0.1) is 12.2 Å². The van der Waals surface area contributed by atoms with Crippen molar-refractivity contribution >= 4 is 22.7 Å². The number of likely N-dealkylation sites (N-methyl/N-ethyl adjacent to an activating group) is 1. The summed E-state index contributed by atoms with van der Waals surface area (Å²) in [6.45, 7) is 8.24. The smallest absolute Gasteiger partial charge is 0.278 e. The SMILES string of the molecule is C=CCn1c(=O)c2cnc(Nc3cc4c5c(c3)CN(C)CC53CC3CC4)nc2n1-c1ccc2c(n1)C(O)(CC)CC2. The molecule has 0 saturated heterocycles. The summed E-state index contributed by atoms with van der Waals surface area (Å²) >= 11 is 0. The number of nitrogens with zero attached hydrogens (tertiary/aromatic N) is 6. The average molecular weight is 550 g/mol. The highest BCUT2D eigenvalue weighted by molar-refractivity contribution is 5.77. The highest BCUT2D eigenvalue weighted by atomic mass is 16.3. The Kier molecular flexibility index (Phi) is 5.23. The lowest BCUT2D eigenvalue weighted by molar-refractivity contribution is 0.0306. The molecule has 4 heterocycles. The normalized spacial score (nSPS) is 26.0. The molecule has 4 aromatic rings.